The molecule has 0 N–H and O–H groups in total. The Bertz CT molecular complexity index is 1670. The van der Waals surface area contributed by atoms with E-state index in [-0.39, 0.29) is 37.9 Å². The molecule has 1 unspecified atom stereocenters. The lowest BCUT2D eigenvalue weighted by Gasteiger charge is -2.44. The zero-order valence-electron chi connectivity index (χ0n) is 22.8. The lowest BCUT2D eigenvalue weighted by Crippen LogP contribution is -2.55. The molecule has 214 valence electrons. The Morgan fingerprint density at radius 1 is 0.881 bits per heavy atom. The van der Waals surface area contributed by atoms with Crippen molar-refractivity contribution in [1.29, 1.82) is 0 Å². The lowest BCUT2D eigenvalue weighted by molar-refractivity contribution is 0.0698. The Labute approximate surface area is 242 Å². The fraction of sp³-hybridized carbons (Fsp3) is 0.152. The minimum Gasteiger partial charge on any atom is -0.489 e. The molecule has 0 spiro atoms. The summed E-state index contributed by atoms with van der Waals surface area (Å²) in [4.78, 5) is 28.4. The molecule has 1 aromatic heterocycles. The molecule has 7 nitrogen and oxygen atoms in total. The molecule has 3 aromatic carbocycles. The number of rotatable bonds is 11. The van der Waals surface area contributed by atoms with Gasteiger partial charge in [-0.3, -0.25) is 19.3 Å². The summed E-state index contributed by atoms with van der Waals surface area (Å²) in [6, 6.07) is 19.7. The van der Waals surface area contributed by atoms with E-state index < -0.39 is 29.0 Å². The van der Waals surface area contributed by atoms with Crippen LogP contribution < -0.4 is 19.9 Å². The SMILES string of the molecule is C=CCOc1ccc(F)cc1C(c1cccc(F)c1)N1CN(CC=C)C(=O)c2c(OCc3ccccc3)c(=O)ccn21. The average Bonchev–Trinajstić information content (AvgIpc) is 2.99. The van der Waals surface area contributed by atoms with Crippen LogP contribution in [0.15, 0.2) is 115 Å². The standard InChI is InChI=1S/C33H29F2N3O4/c1-3-16-36-22-38(37-17-15-28(39)32(31(37)33(36)40)42-21-23-9-6-5-7-10-23)30(24-11-8-12-25(34)19-24)27-20-26(35)13-14-29(27)41-18-4-2/h3-15,17,19-20,30H,1-2,16,18,21-22H2. The molecule has 1 amide bonds. The minimum absolute atomic E-state index is 0.00254. The molecule has 0 aliphatic carbocycles. The second-order valence-electron chi connectivity index (χ2n) is 9.61. The van der Waals surface area contributed by atoms with Gasteiger partial charge in [-0.15, -0.1) is 6.58 Å². The molecule has 0 bridgehead atoms. The summed E-state index contributed by atoms with van der Waals surface area (Å²) >= 11 is 0. The normalized spacial score (nSPS) is 13.3. The highest BCUT2D eigenvalue weighted by Gasteiger charge is 2.37. The molecule has 4 aromatic rings. The maximum Gasteiger partial charge on any atom is 0.278 e. The molecule has 0 radical (unpaired) electrons. The highest BCUT2D eigenvalue weighted by atomic mass is 19.1. The highest BCUT2D eigenvalue weighted by molar-refractivity contribution is 5.96. The largest absolute Gasteiger partial charge is 0.489 e. The summed E-state index contributed by atoms with van der Waals surface area (Å²) in [6.07, 6.45) is 4.59. The van der Waals surface area contributed by atoms with E-state index in [9.17, 15) is 18.4 Å². The van der Waals surface area contributed by atoms with Crippen LogP contribution in [0.1, 0.15) is 33.2 Å². The molecule has 1 aliphatic heterocycles. The zero-order valence-corrected chi connectivity index (χ0v) is 22.8. The Hall–Kier alpha value is -5.18. The first kappa shape index (κ1) is 28.4. The van der Waals surface area contributed by atoms with Crippen molar-refractivity contribution in [3.05, 3.63) is 155 Å². The predicted molar refractivity (Wildman–Crippen MR) is 156 cm³/mol. The number of aromatic nitrogens is 1. The molecule has 42 heavy (non-hydrogen) atoms. The van der Waals surface area contributed by atoms with Crippen molar-refractivity contribution in [2.45, 2.75) is 12.6 Å². The van der Waals surface area contributed by atoms with Gasteiger partial charge in [-0.1, -0.05) is 61.2 Å². The van der Waals surface area contributed by atoms with Crippen molar-refractivity contribution in [3.8, 4) is 11.5 Å². The molecule has 0 fully saturated rings. The minimum atomic E-state index is -0.861. The van der Waals surface area contributed by atoms with Crippen LogP contribution >= 0.6 is 0 Å². The highest BCUT2D eigenvalue weighted by Crippen LogP contribution is 2.37. The van der Waals surface area contributed by atoms with E-state index in [2.05, 4.69) is 13.2 Å². The van der Waals surface area contributed by atoms with Gasteiger partial charge in [0.05, 0.1) is 0 Å². The summed E-state index contributed by atoms with van der Waals surface area (Å²) in [5, 5.41) is 1.74. The quantitative estimate of drug-likeness (QED) is 0.220. The molecule has 5 rings (SSSR count). The van der Waals surface area contributed by atoms with Gasteiger partial charge in [0, 0.05) is 24.4 Å². The number of nitrogens with zero attached hydrogens (tertiary/aromatic N) is 3. The van der Waals surface area contributed by atoms with Crippen molar-refractivity contribution in [2.75, 3.05) is 24.8 Å². The van der Waals surface area contributed by atoms with E-state index in [1.165, 1.54) is 52.2 Å². The fourth-order valence-electron chi connectivity index (χ4n) is 4.95. The Morgan fingerprint density at radius 3 is 2.40 bits per heavy atom. The monoisotopic (exact) mass is 569 g/mol. The van der Waals surface area contributed by atoms with Crippen LogP contribution in [0.5, 0.6) is 11.5 Å². The number of benzene rings is 3. The van der Waals surface area contributed by atoms with E-state index in [1.54, 1.807) is 29.3 Å². The number of amides is 1. The lowest BCUT2D eigenvalue weighted by atomic mass is 9.96. The van der Waals surface area contributed by atoms with Crippen molar-refractivity contribution in [2.24, 2.45) is 0 Å². The number of hydrogen-bond acceptors (Lipinski definition) is 5. The fourth-order valence-corrected chi connectivity index (χ4v) is 4.95. The van der Waals surface area contributed by atoms with Crippen molar-refractivity contribution in [3.63, 3.8) is 0 Å². The van der Waals surface area contributed by atoms with Crippen LogP contribution in [0, 0.1) is 11.6 Å². The molecule has 2 heterocycles. The zero-order chi connectivity index (χ0) is 29.6. The van der Waals surface area contributed by atoms with Gasteiger partial charge in [-0.2, -0.15) is 0 Å². The maximum absolute atomic E-state index is 14.8. The van der Waals surface area contributed by atoms with Crippen LogP contribution in [0.2, 0.25) is 0 Å². The predicted octanol–water partition coefficient (Wildman–Crippen LogP) is 5.60. The second-order valence-corrected chi connectivity index (χ2v) is 9.61. The smallest absolute Gasteiger partial charge is 0.278 e. The third-order valence-corrected chi connectivity index (χ3v) is 6.78. The van der Waals surface area contributed by atoms with Gasteiger partial charge in [0.2, 0.25) is 5.43 Å². The van der Waals surface area contributed by atoms with E-state index in [0.717, 1.165) is 5.56 Å². The Kier molecular flexibility index (Phi) is 8.47. The summed E-state index contributed by atoms with van der Waals surface area (Å²) in [5.41, 5.74) is 1.16. The molecule has 1 aliphatic rings. The summed E-state index contributed by atoms with van der Waals surface area (Å²) in [7, 11) is 0. The number of carbonyl (C=O) groups excluding carboxylic acids is 1. The number of ether oxygens (including phenoxy) is 2. The van der Waals surface area contributed by atoms with Crippen molar-refractivity contribution < 1.29 is 23.0 Å². The topological polar surface area (TPSA) is 64.0 Å². The second kappa shape index (κ2) is 12.6. The van der Waals surface area contributed by atoms with Crippen molar-refractivity contribution >= 4 is 5.91 Å². The van der Waals surface area contributed by atoms with E-state index in [4.69, 9.17) is 9.47 Å². The van der Waals surface area contributed by atoms with Gasteiger partial charge >= 0.3 is 0 Å². The summed E-state index contributed by atoms with van der Waals surface area (Å²) in [5.74, 6) is -1.26. The first-order valence-corrected chi connectivity index (χ1v) is 13.3. The first-order valence-electron chi connectivity index (χ1n) is 13.3. The van der Waals surface area contributed by atoms with Crippen molar-refractivity contribution in [1.82, 2.24) is 9.58 Å². The third kappa shape index (κ3) is 5.81. The van der Waals surface area contributed by atoms with Crippen LogP contribution in [-0.4, -0.2) is 35.3 Å². The first-order chi connectivity index (χ1) is 20.4. The van der Waals surface area contributed by atoms with Crippen LogP contribution in [0.3, 0.4) is 0 Å². The van der Waals surface area contributed by atoms with Gasteiger partial charge < -0.3 is 14.4 Å². The van der Waals surface area contributed by atoms with Gasteiger partial charge in [-0.25, -0.2) is 8.78 Å². The number of carbonyl (C=O) groups is 1. The van der Waals surface area contributed by atoms with Gasteiger partial charge in [0.25, 0.3) is 5.91 Å². The van der Waals surface area contributed by atoms with E-state index in [1.807, 2.05) is 30.3 Å². The average molecular weight is 570 g/mol. The van der Waals surface area contributed by atoms with E-state index in [0.29, 0.717) is 16.9 Å². The van der Waals surface area contributed by atoms with Gasteiger partial charge in [0.1, 0.15) is 43.3 Å². The van der Waals surface area contributed by atoms with Crippen LogP contribution in [0.25, 0.3) is 0 Å². The molecule has 1 atom stereocenters. The van der Waals surface area contributed by atoms with Crippen LogP contribution in [0.4, 0.5) is 8.78 Å². The number of halogens is 2. The molecular formula is C33H29F2N3O4. The number of hydrogen-bond donors (Lipinski definition) is 0. The van der Waals surface area contributed by atoms with Crippen LogP contribution in [-0.2, 0) is 6.61 Å². The number of pyridine rings is 1. The number of fused-ring (bicyclic) bond motifs is 1. The molecular weight excluding hydrogens is 540 g/mol. The van der Waals surface area contributed by atoms with E-state index >= 15 is 0 Å². The third-order valence-electron chi connectivity index (χ3n) is 6.78. The summed E-state index contributed by atoms with van der Waals surface area (Å²) < 4.78 is 42.8. The maximum atomic E-state index is 14.8. The Balaban J connectivity index is 1.72. The van der Waals surface area contributed by atoms with Gasteiger partial charge in [0.15, 0.2) is 11.4 Å². The summed E-state index contributed by atoms with van der Waals surface area (Å²) in [6.45, 7) is 7.82. The molecule has 0 saturated carbocycles. The molecule has 9 heteroatoms. The Morgan fingerprint density at radius 2 is 1.67 bits per heavy atom. The van der Waals surface area contributed by atoms with Gasteiger partial charge in [-0.05, 0) is 41.5 Å². The molecule has 0 saturated heterocycles.